The second kappa shape index (κ2) is 6.74. The second-order valence-electron chi connectivity index (χ2n) is 3.33. The lowest BCUT2D eigenvalue weighted by atomic mass is 11.9. The first-order valence-corrected chi connectivity index (χ1v) is 13.4. The van der Waals surface area contributed by atoms with Gasteiger partial charge in [-0.25, -0.2) is 0 Å². The Bertz CT molecular complexity index is 305. The molecule has 0 radical (unpaired) electrons. The zero-order chi connectivity index (χ0) is 16.4. The van der Waals surface area contributed by atoms with Crippen molar-refractivity contribution >= 4 is 45.5 Å². The summed E-state index contributed by atoms with van der Waals surface area (Å²) < 4.78 is 15.1. The summed E-state index contributed by atoms with van der Waals surface area (Å²) in [6.07, 6.45) is 0. The Morgan fingerprint density at radius 3 is 1.35 bits per heavy atom. The summed E-state index contributed by atoms with van der Waals surface area (Å²) in [6, 6.07) is 0. The molecule has 0 fully saturated rings. The molecule has 0 saturated carbocycles. The van der Waals surface area contributed by atoms with Gasteiger partial charge in [0.15, 0.2) is 0 Å². The van der Waals surface area contributed by atoms with Crippen molar-refractivity contribution in [1.82, 2.24) is 0 Å². The fourth-order valence-corrected chi connectivity index (χ4v) is 8.39. The molecule has 0 rings (SSSR count). The highest BCUT2D eigenvalue weighted by atomic mass is 28.5. The predicted molar refractivity (Wildman–Crippen MR) is 62.6 cm³/mol. The summed E-state index contributed by atoms with van der Waals surface area (Å²) in [5, 5.41) is 0. The zero-order valence-electron chi connectivity index (χ0n) is 9.68. The molecule has 0 aliphatic heterocycles. The molecule has 0 aliphatic rings. The molecule has 122 valence electrons. The van der Waals surface area contributed by atoms with Crippen molar-refractivity contribution in [1.29, 1.82) is 0 Å². The summed E-state index contributed by atoms with van der Waals surface area (Å²) >= 11 is 0. The van der Waals surface area contributed by atoms with Crippen molar-refractivity contribution in [3.8, 4) is 0 Å². The molecule has 0 unspecified atom stereocenters. The molecule has 0 aromatic heterocycles. The van der Waals surface area contributed by atoms with Gasteiger partial charge in [0, 0.05) is 6.55 Å². The first-order chi connectivity index (χ1) is 8.54. The largest absolute Gasteiger partial charge is 0.662 e. The Morgan fingerprint density at radius 2 is 1.00 bits per heavy atom. The Morgan fingerprint density at radius 1 is 0.650 bits per heavy atom. The third-order valence-electron chi connectivity index (χ3n) is 1.12. The van der Waals surface area contributed by atoms with Crippen molar-refractivity contribution in [2.24, 2.45) is 0 Å². The monoisotopic (exact) mass is 390 g/mol. The van der Waals surface area contributed by atoms with E-state index in [1.54, 1.807) is 0 Å². The molecule has 10 N–H and O–H groups in total. The summed E-state index contributed by atoms with van der Waals surface area (Å²) in [6.45, 7) is 0.664. The summed E-state index contributed by atoms with van der Waals surface area (Å²) in [7, 11) is -25.1. The van der Waals surface area contributed by atoms with Gasteiger partial charge in [0.2, 0.25) is 0 Å². The molecule has 0 bridgehead atoms. The summed E-state index contributed by atoms with van der Waals surface area (Å²) in [5.74, 6) is 0. The Kier molecular flexibility index (Phi) is 6.92. The van der Waals surface area contributed by atoms with Gasteiger partial charge in [0.1, 0.15) is 0 Å². The van der Waals surface area contributed by atoms with Gasteiger partial charge < -0.3 is 64.4 Å². The van der Waals surface area contributed by atoms with Crippen molar-refractivity contribution < 1.29 is 64.4 Å². The van der Waals surface area contributed by atoms with Crippen LogP contribution in [0, 0.1) is 0 Å². The minimum atomic E-state index is -5.67. The van der Waals surface area contributed by atoms with Crippen LogP contribution in [0.3, 0.4) is 0 Å². The van der Waals surface area contributed by atoms with Crippen LogP contribution < -0.4 is 0 Å². The van der Waals surface area contributed by atoms with Gasteiger partial charge in [0.05, 0.1) is 0 Å². The van der Waals surface area contributed by atoms with E-state index in [0.29, 0.717) is 6.55 Å². The topological polar surface area (TPSA) is 239 Å². The standard InChI is InChI=1S/CH14O14Si5/c1-17(4,5)13-19(8,9)15-20(10,11)14-18(6,7)12-16(2)3/h2-11,16H,1H3. The smallest absolute Gasteiger partial charge is 0.393 e. The van der Waals surface area contributed by atoms with Gasteiger partial charge >= 0.3 is 45.5 Å². The molecular formula is CH14O14Si5. The molecule has 0 saturated heterocycles. The van der Waals surface area contributed by atoms with Crippen molar-refractivity contribution in [3.63, 3.8) is 0 Å². The number of rotatable bonds is 8. The van der Waals surface area contributed by atoms with E-state index in [4.69, 9.17) is 48.0 Å². The van der Waals surface area contributed by atoms with Crippen LogP contribution in [0.4, 0.5) is 0 Å². The lowest BCUT2D eigenvalue weighted by Gasteiger charge is -2.28. The molecule has 0 atom stereocenters. The van der Waals surface area contributed by atoms with Gasteiger partial charge in [-0.2, -0.15) is 0 Å². The highest BCUT2D eigenvalue weighted by molar-refractivity contribution is 6.76. The van der Waals surface area contributed by atoms with E-state index in [9.17, 15) is 0 Å². The third-order valence-corrected chi connectivity index (χ3v) is 10.1. The molecule has 0 aromatic carbocycles. The molecule has 14 nitrogen and oxygen atoms in total. The van der Waals surface area contributed by atoms with Crippen molar-refractivity contribution in [2.75, 3.05) is 0 Å². The van der Waals surface area contributed by atoms with Gasteiger partial charge in [-0.05, 0) is 0 Å². The van der Waals surface area contributed by atoms with Crippen LogP contribution in [0.1, 0.15) is 0 Å². The molecule has 0 aliphatic carbocycles. The molecule has 20 heavy (non-hydrogen) atoms. The molecule has 19 heteroatoms. The fourth-order valence-electron chi connectivity index (χ4n) is 0.801. The van der Waals surface area contributed by atoms with E-state index in [2.05, 4.69) is 16.5 Å². The van der Waals surface area contributed by atoms with E-state index in [0.717, 1.165) is 0 Å². The first kappa shape index (κ1) is 20.5. The van der Waals surface area contributed by atoms with Crippen LogP contribution in [0.2, 0.25) is 6.55 Å². The Balaban J connectivity index is 4.73. The van der Waals surface area contributed by atoms with Gasteiger partial charge in [-0.3, -0.25) is 0 Å². The second-order valence-corrected chi connectivity index (χ2v) is 12.5. The maximum atomic E-state index is 9.12. The van der Waals surface area contributed by atoms with E-state index in [-0.39, 0.29) is 0 Å². The summed E-state index contributed by atoms with van der Waals surface area (Å²) in [4.78, 5) is 88.9. The average Bonchev–Trinajstić information content (AvgIpc) is 1.86. The molecule has 0 amide bonds. The van der Waals surface area contributed by atoms with Gasteiger partial charge in [-0.15, -0.1) is 0 Å². The van der Waals surface area contributed by atoms with E-state index < -0.39 is 45.5 Å². The van der Waals surface area contributed by atoms with E-state index >= 15 is 0 Å². The SMILES string of the molecule is C[Si](O)(O)O[Si](O)(O)O[Si](O)(O)O[Si](O)(O)O[SiH](O)O. The van der Waals surface area contributed by atoms with Crippen LogP contribution in [0.5, 0.6) is 0 Å². The molecule has 0 aromatic rings. The Labute approximate surface area is 117 Å². The zero-order valence-corrected chi connectivity index (χ0v) is 14.8. The number of hydrogen-bond acceptors (Lipinski definition) is 14. The van der Waals surface area contributed by atoms with Crippen LogP contribution in [0.15, 0.2) is 0 Å². The van der Waals surface area contributed by atoms with Crippen LogP contribution in [-0.4, -0.2) is 93.4 Å². The first-order valence-electron chi connectivity index (χ1n) is 4.47. The molecule has 0 spiro atoms. The van der Waals surface area contributed by atoms with Crippen molar-refractivity contribution in [3.05, 3.63) is 0 Å². The molecule has 0 heterocycles. The van der Waals surface area contributed by atoms with Crippen LogP contribution in [0.25, 0.3) is 0 Å². The van der Waals surface area contributed by atoms with Gasteiger partial charge in [0.25, 0.3) is 0 Å². The van der Waals surface area contributed by atoms with Gasteiger partial charge in [-0.1, -0.05) is 0 Å². The van der Waals surface area contributed by atoms with Crippen LogP contribution in [-0.2, 0) is 16.5 Å². The predicted octanol–water partition coefficient (Wildman–Crippen LogP) is -7.43. The quantitative estimate of drug-likeness (QED) is 0.173. The van der Waals surface area contributed by atoms with Crippen LogP contribution >= 0.6 is 0 Å². The van der Waals surface area contributed by atoms with E-state index in [1.165, 1.54) is 0 Å². The lowest BCUT2D eigenvalue weighted by molar-refractivity contribution is 0.00290. The molecular weight excluding hydrogens is 376 g/mol. The highest BCUT2D eigenvalue weighted by Gasteiger charge is 2.59. The lowest BCUT2D eigenvalue weighted by Crippen LogP contribution is -2.65. The normalized spacial score (nSPS) is 15.0. The minimum Gasteiger partial charge on any atom is -0.393 e. The van der Waals surface area contributed by atoms with Crippen molar-refractivity contribution in [2.45, 2.75) is 6.55 Å². The average molecular weight is 391 g/mol. The highest BCUT2D eigenvalue weighted by Crippen LogP contribution is 2.14. The minimum absolute atomic E-state index is 0.664. The maximum Gasteiger partial charge on any atom is 0.662 e. The third kappa shape index (κ3) is 10.3. The number of hydrogen-bond donors (Lipinski definition) is 10. The Hall–Kier alpha value is 0.524. The summed E-state index contributed by atoms with van der Waals surface area (Å²) in [5.41, 5.74) is 0. The maximum absolute atomic E-state index is 9.12. The van der Waals surface area contributed by atoms with E-state index in [1.807, 2.05) is 0 Å². The fraction of sp³-hybridized carbons (Fsp3) is 1.00.